The van der Waals surface area contributed by atoms with Gasteiger partial charge in [-0.2, -0.15) is 0 Å². The van der Waals surface area contributed by atoms with Crippen LogP contribution in [-0.4, -0.2) is 22.8 Å². The zero-order valence-electron chi connectivity index (χ0n) is 23.4. The summed E-state index contributed by atoms with van der Waals surface area (Å²) < 4.78 is 7.40. The van der Waals surface area contributed by atoms with Crippen LogP contribution in [0.4, 0.5) is 0 Å². The molecule has 2 aromatic carbocycles. The van der Waals surface area contributed by atoms with Gasteiger partial charge in [0.1, 0.15) is 0 Å². The molecule has 0 aliphatic heterocycles. The van der Waals surface area contributed by atoms with Crippen LogP contribution in [0.2, 0.25) is 0 Å². The van der Waals surface area contributed by atoms with E-state index in [4.69, 9.17) is 4.74 Å². The monoisotopic (exact) mass is 519 g/mol. The fraction of sp³-hybridized carbons (Fsp3) is 0.576. The van der Waals surface area contributed by atoms with Gasteiger partial charge in [-0.1, -0.05) is 115 Å². The Morgan fingerprint density at radius 2 is 1.37 bits per heavy atom. The fourth-order valence-corrected chi connectivity index (χ4v) is 5.06. The molecule has 0 aliphatic carbocycles. The number of fused-ring (bicyclic) bond motifs is 1. The van der Waals surface area contributed by atoms with Crippen LogP contribution >= 0.6 is 0 Å². The Morgan fingerprint density at radius 3 is 2.03 bits per heavy atom. The number of aryl methyl sites for hydroxylation is 1. The SMILES string of the molecule is CCCCCCCCCCCCCCCCOCCCc1[c]c2ccccc2cc1-n1ccc(=O)[nH]c1=O. The maximum Gasteiger partial charge on any atom is 0.332 e. The van der Waals surface area contributed by atoms with E-state index in [9.17, 15) is 9.59 Å². The van der Waals surface area contributed by atoms with Gasteiger partial charge in [-0.3, -0.25) is 14.3 Å². The molecule has 38 heavy (non-hydrogen) atoms. The Hall–Kier alpha value is -2.66. The predicted octanol–water partition coefficient (Wildman–Crippen LogP) is 7.91. The van der Waals surface area contributed by atoms with E-state index in [1.165, 1.54) is 100 Å². The smallest absolute Gasteiger partial charge is 0.332 e. The van der Waals surface area contributed by atoms with Gasteiger partial charge in [0.25, 0.3) is 5.56 Å². The number of aromatic amines is 1. The Bertz CT molecular complexity index is 1180. The minimum absolute atomic E-state index is 0.394. The van der Waals surface area contributed by atoms with Gasteiger partial charge in [-0.25, -0.2) is 4.79 Å². The summed E-state index contributed by atoms with van der Waals surface area (Å²) in [6.45, 7) is 3.78. The van der Waals surface area contributed by atoms with Crippen LogP contribution in [0.3, 0.4) is 0 Å². The molecule has 1 aromatic heterocycles. The lowest BCUT2D eigenvalue weighted by atomic mass is 10.0. The maximum atomic E-state index is 12.4. The number of ether oxygens (including phenoxy) is 1. The molecule has 0 spiro atoms. The molecule has 1 heterocycles. The molecule has 3 rings (SSSR count). The van der Waals surface area contributed by atoms with Gasteiger partial charge in [0.15, 0.2) is 0 Å². The first kappa shape index (κ1) is 29.9. The van der Waals surface area contributed by atoms with Crippen molar-refractivity contribution in [3.8, 4) is 5.69 Å². The second-order valence-electron chi connectivity index (χ2n) is 10.5. The average Bonchev–Trinajstić information content (AvgIpc) is 2.92. The van der Waals surface area contributed by atoms with Crippen molar-refractivity contribution >= 4 is 10.8 Å². The van der Waals surface area contributed by atoms with E-state index >= 15 is 0 Å². The number of nitrogens with one attached hydrogen (secondary N) is 1. The number of hydrogen-bond acceptors (Lipinski definition) is 3. The number of nitrogens with zero attached hydrogens (tertiary/aromatic N) is 1. The molecule has 0 unspecified atom stereocenters. The first-order chi connectivity index (χ1) is 18.7. The van der Waals surface area contributed by atoms with Gasteiger partial charge in [-0.15, -0.1) is 0 Å². The van der Waals surface area contributed by atoms with Gasteiger partial charge in [0.2, 0.25) is 0 Å². The summed E-state index contributed by atoms with van der Waals surface area (Å²) in [4.78, 5) is 26.3. The third-order valence-corrected chi connectivity index (χ3v) is 7.29. The standard InChI is InChI=1S/C33H47N2O3/c1-2-3-4-5-6-7-8-9-10-11-12-13-14-17-24-38-25-18-21-30-26-28-19-15-16-20-29(28)27-31(30)35-23-22-32(36)34-33(35)37/h15-16,19-20,22-23,27H,2-14,17-18,21,24-25H2,1H3,(H,34,36,37). The Morgan fingerprint density at radius 1 is 0.763 bits per heavy atom. The molecule has 207 valence electrons. The molecule has 0 aliphatic rings. The number of unbranched alkanes of at least 4 members (excludes halogenated alkanes) is 13. The van der Waals surface area contributed by atoms with E-state index in [2.05, 4.69) is 18.0 Å². The van der Waals surface area contributed by atoms with Gasteiger partial charge in [0, 0.05) is 25.5 Å². The first-order valence-electron chi connectivity index (χ1n) is 15.0. The van der Waals surface area contributed by atoms with Crippen LogP contribution in [0, 0.1) is 6.07 Å². The van der Waals surface area contributed by atoms with Crippen LogP contribution in [-0.2, 0) is 11.2 Å². The summed E-state index contributed by atoms with van der Waals surface area (Å²) in [5.74, 6) is 0. The molecule has 0 saturated carbocycles. The minimum atomic E-state index is -0.434. The van der Waals surface area contributed by atoms with Crippen LogP contribution in [0.15, 0.2) is 52.2 Å². The van der Waals surface area contributed by atoms with E-state index in [1.807, 2.05) is 30.3 Å². The molecule has 0 amide bonds. The fourth-order valence-electron chi connectivity index (χ4n) is 5.06. The van der Waals surface area contributed by atoms with Crippen LogP contribution in [0.25, 0.3) is 16.5 Å². The second kappa shape index (κ2) is 17.8. The van der Waals surface area contributed by atoms with Gasteiger partial charge < -0.3 is 4.74 Å². The molecule has 0 bridgehead atoms. The lowest BCUT2D eigenvalue weighted by Crippen LogP contribution is -2.28. The lowest BCUT2D eigenvalue weighted by molar-refractivity contribution is 0.127. The highest BCUT2D eigenvalue weighted by Gasteiger charge is 2.10. The zero-order chi connectivity index (χ0) is 26.8. The quantitative estimate of drug-likeness (QED) is 0.154. The zero-order valence-corrected chi connectivity index (χ0v) is 23.4. The van der Waals surface area contributed by atoms with E-state index in [-0.39, 0.29) is 0 Å². The lowest BCUT2D eigenvalue weighted by Gasteiger charge is -2.13. The summed E-state index contributed by atoms with van der Waals surface area (Å²) in [5, 5.41) is 2.03. The summed E-state index contributed by atoms with van der Waals surface area (Å²) in [7, 11) is 0. The number of H-pyrrole nitrogens is 1. The van der Waals surface area contributed by atoms with Gasteiger partial charge in [-0.05, 0) is 47.7 Å². The summed E-state index contributed by atoms with van der Waals surface area (Å²) in [6, 6.07) is 14.9. The van der Waals surface area contributed by atoms with Crippen LogP contribution < -0.4 is 11.2 Å². The average molecular weight is 520 g/mol. The second-order valence-corrected chi connectivity index (χ2v) is 10.5. The molecular formula is C33H47N2O3. The molecule has 0 fully saturated rings. The van der Waals surface area contributed by atoms with Crippen molar-refractivity contribution in [3.63, 3.8) is 0 Å². The topological polar surface area (TPSA) is 64.1 Å². The number of benzene rings is 2. The van der Waals surface area contributed by atoms with Gasteiger partial charge >= 0.3 is 5.69 Å². The van der Waals surface area contributed by atoms with E-state index in [0.717, 1.165) is 47.9 Å². The van der Waals surface area contributed by atoms with Crippen molar-refractivity contribution in [2.24, 2.45) is 0 Å². The van der Waals surface area contributed by atoms with Crippen molar-refractivity contribution in [3.05, 3.63) is 75.1 Å². The first-order valence-corrected chi connectivity index (χ1v) is 15.0. The number of rotatable bonds is 20. The van der Waals surface area contributed by atoms with Crippen molar-refractivity contribution in [1.29, 1.82) is 0 Å². The third kappa shape index (κ3) is 10.6. The van der Waals surface area contributed by atoms with Crippen LogP contribution in [0.5, 0.6) is 0 Å². The highest BCUT2D eigenvalue weighted by Crippen LogP contribution is 2.23. The highest BCUT2D eigenvalue weighted by molar-refractivity contribution is 5.85. The third-order valence-electron chi connectivity index (χ3n) is 7.29. The largest absolute Gasteiger partial charge is 0.381 e. The van der Waals surface area contributed by atoms with Crippen molar-refractivity contribution in [1.82, 2.24) is 9.55 Å². The van der Waals surface area contributed by atoms with E-state index in [1.54, 1.807) is 0 Å². The molecular weight excluding hydrogens is 472 g/mol. The predicted molar refractivity (Wildman–Crippen MR) is 158 cm³/mol. The molecule has 0 saturated heterocycles. The molecule has 1 N–H and O–H groups in total. The van der Waals surface area contributed by atoms with Gasteiger partial charge in [0.05, 0.1) is 5.69 Å². The van der Waals surface area contributed by atoms with E-state index in [0.29, 0.717) is 6.61 Å². The van der Waals surface area contributed by atoms with Crippen molar-refractivity contribution in [2.45, 2.75) is 110 Å². The minimum Gasteiger partial charge on any atom is -0.381 e. The summed E-state index contributed by atoms with van der Waals surface area (Å²) in [5.41, 5.74) is 0.890. The molecule has 3 aromatic rings. The Labute approximate surface area is 228 Å². The maximum absolute atomic E-state index is 12.4. The number of aromatic nitrogens is 2. The van der Waals surface area contributed by atoms with Crippen molar-refractivity contribution < 1.29 is 4.74 Å². The summed E-state index contributed by atoms with van der Waals surface area (Å²) >= 11 is 0. The Balaban J connectivity index is 1.29. The summed E-state index contributed by atoms with van der Waals surface area (Å²) in [6.07, 6.45) is 22.2. The molecule has 0 atom stereocenters. The molecule has 5 heteroatoms. The highest BCUT2D eigenvalue weighted by atomic mass is 16.5. The molecule has 1 radical (unpaired) electrons. The van der Waals surface area contributed by atoms with E-state index < -0.39 is 11.2 Å². The van der Waals surface area contributed by atoms with Crippen molar-refractivity contribution in [2.75, 3.05) is 13.2 Å². The molecule has 5 nitrogen and oxygen atoms in total. The normalized spacial score (nSPS) is 11.4. The van der Waals surface area contributed by atoms with Crippen LogP contribution in [0.1, 0.15) is 109 Å². The Kier molecular flexibility index (Phi) is 14.0. The number of hydrogen-bond donors (Lipinski definition) is 1.